The van der Waals surface area contributed by atoms with Crippen molar-refractivity contribution in [1.29, 1.82) is 0 Å². The third-order valence-corrected chi connectivity index (χ3v) is 2.39. The Hall–Kier alpha value is 0.0649. The highest BCUT2D eigenvalue weighted by atomic mass is 14.3. The number of hydrogen-bond donors (Lipinski definition) is 0. The minimum atomic E-state index is 0.689. The second-order valence-electron chi connectivity index (χ2n) is 4.04. The largest absolute Gasteiger partial charge is 0.147 e. The first-order valence-electron chi connectivity index (χ1n) is 3.54. The topological polar surface area (TPSA) is 0 Å². The summed E-state index contributed by atoms with van der Waals surface area (Å²) in [6.07, 6.45) is 1.45. The van der Waals surface area contributed by atoms with Gasteiger partial charge < -0.3 is 0 Å². The van der Waals surface area contributed by atoms with Crippen LogP contribution in [-0.4, -0.2) is 6.71 Å². The third-order valence-electron chi connectivity index (χ3n) is 2.39. The average Bonchev–Trinajstić information content (AvgIpc) is 2.13. The standard InChI is InChI=1S/C7H15B/c1-6(2)8-5-7(8,3)4/h6H,5H2,1-4H3. The quantitative estimate of drug-likeness (QED) is 0.455. The van der Waals surface area contributed by atoms with E-state index in [4.69, 9.17) is 0 Å². The highest BCUT2D eigenvalue weighted by Gasteiger charge is 2.50. The highest BCUT2D eigenvalue weighted by Crippen LogP contribution is 2.56. The summed E-state index contributed by atoms with van der Waals surface area (Å²) in [5, 5.41) is 0.689. The van der Waals surface area contributed by atoms with Crippen LogP contribution < -0.4 is 0 Å². The van der Waals surface area contributed by atoms with E-state index in [1.807, 2.05) is 0 Å². The Bertz CT molecular complexity index is 94.6. The third kappa shape index (κ3) is 0.912. The maximum atomic E-state index is 2.36. The van der Waals surface area contributed by atoms with Gasteiger partial charge in [-0.2, -0.15) is 0 Å². The Labute approximate surface area is 52.7 Å². The summed E-state index contributed by atoms with van der Waals surface area (Å²) in [7, 11) is 0. The Morgan fingerprint density at radius 2 is 1.75 bits per heavy atom. The summed E-state index contributed by atoms with van der Waals surface area (Å²) in [5.41, 5.74) is 0. The van der Waals surface area contributed by atoms with E-state index < -0.39 is 0 Å². The van der Waals surface area contributed by atoms with Crippen LogP contribution in [0, 0.1) is 0 Å². The molecule has 0 saturated carbocycles. The molecule has 1 rings (SSSR count). The molecule has 0 atom stereocenters. The van der Waals surface area contributed by atoms with Crippen molar-refractivity contribution in [2.75, 3.05) is 0 Å². The average molecular weight is 110 g/mol. The molecular weight excluding hydrogens is 94.9 g/mol. The monoisotopic (exact) mass is 110 g/mol. The van der Waals surface area contributed by atoms with E-state index in [9.17, 15) is 0 Å². The summed E-state index contributed by atoms with van der Waals surface area (Å²) >= 11 is 0. The Kier molecular flexibility index (Phi) is 1.18. The summed E-state index contributed by atoms with van der Waals surface area (Å²) in [6, 6.07) is 0. The van der Waals surface area contributed by atoms with Crippen molar-refractivity contribution in [3.63, 3.8) is 0 Å². The summed E-state index contributed by atoms with van der Waals surface area (Å²) in [4.78, 5) is 0. The molecule has 0 aliphatic carbocycles. The van der Waals surface area contributed by atoms with Gasteiger partial charge in [-0.15, -0.1) is 0 Å². The maximum absolute atomic E-state index is 2.36. The molecule has 0 aromatic carbocycles. The predicted octanol–water partition coefficient (Wildman–Crippen LogP) is 2.69. The van der Waals surface area contributed by atoms with Gasteiger partial charge in [0.25, 0.3) is 0 Å². The van der Waals surface area contributed by atoms with Crippen molar-refractivity contribution in [1.82, 2.24) is 0 Å². The molecule has 1 fully saturated rings. The second-order valence-corrected chi connectivity index (χ2v) is 4.04. The lowest BCUT2D eigenvalue weighted by molar-refractivity contribution is 0.858. The highest BCUT2D eigenvalue weighted by molar-refractivity contribution is 6.75. The van der Waals surface area contributed by atoms with Crippen LogP contribution in [0.3, 0.4) is 0 Å². The van der Waals surface area contributed by atoms with Gasteiger partial charge in [-0.1, -0.05) is 45.1 Å². The van der Waals surface area contributed by atoms with Crippen LogP contribution in [-0.2, 0) is 0 Å². The molecule has 0 aromatic heterocycles. The number of hydrogen-bond acceptors (Lipinski definition) is 0. The molecule has 0 nitrogen and oxygen atoms in total. The van der Waals surface area contributed by atoms with Crippen LogP contribution in [0.1, 0.15) is 27.7 Å². The van der Waals surface area contributed by atoms with Crippen LogP contribution >= 0.6 is 0 Å². The molecule has 1 heterocycles. The first-order valence-corrected chi connectivity index (χ1v) is 3.54. The number of rotatable bonds is 1. The van der Waals surface area contributed by atoms with Crippen LogP contribution in [0.4, 0.5) is 0 Å². The predicted molar refractivity (Wildman–Crippen MR) is 39.7 cm³/mol. The lowest BCUT2D eigenvalue weighted by atomic mass is 9.53. The van der Waals surface area contributed by atoms with Gasteiger partial charge in [0.05, 0.1) is 0 Å². The molecule has 0 bridgehead atoms. The molecule has 0 unspecified atom stereocenters. The van der Waals surface area contributed by atoms with Gasteiger partial charge in [0.15, 0.2) is 0 Å². The molecule has 0 N–H and O–H groups in total. The van der Waals surface area contributed by atoms with Crippen LogP contribution in [0.15, 0.2) is 0 Å². The van der Waals surface area contributed by atoms with Gasteiger partial charge >= 0.3 is 0 Å². The molecule has 0 spiro atoms. The van der Waals surface area contributed by atoms with E-state index in [2.05, 4.69) is 27.7 Å². The van der Waals surface area contributed by atoms with Gasteiger partial charge in [0.2, 0.25) is 0 Å². The Morgan fingerprint density at radius 3 is 1.75 bits per heavy atom. The molecule has 46 valence electrons. The smallest absolute Gasteiger partial charge is 0.0749 e. The molecule has 0 aromatic rings. The van der Waals surface area contributed by atoms with Crippen molar-refractivity contribution in [2.24, 2.45) is 0 Å². The maximum Gasteiger partial charge on any atom is 0.147 e. The van der Waals surface area contributed by atoms with Gasteiger partial charge in [0, 0.05) is 0 Å². The molecule has 1 aliphatic rings. The lowest BCUT2D eigenvalue weighted by Crippen LogP contribution is -1.99. The SMILES string of the molecule is CC(C)B1CC1(C)C. The lowest BCUT2D eigenvalue weighted by Gasteiger charge is -2.02. The van der Waals surface area contributed by atoms with Crippen molar-refractivity contribution >= 4 is 6.71 Å². The fraction of sp³-hybridized carbons (Fsp3) is 1.00. The summed E-state index contributed by atoms with van der Waals surface area (Å²) in [6.45, 7) is 10.4. The zero-order valence-electron chi connectivity index (χ0n) is 6.36. The molecule has 1 aliphatic heterocycles. The van der Waals surface area contributed by atoms with E-state index in [-0.39, 0.29) is 0 Å². The first-order chi connectivity index (χ1) is 3.54. The molecule has 0 radical (unpaired) electrons. The van der Waals surface area contributed by atoms with Crippen LogP contribution in [0.2, 0.25) is 17.5 Å². The van der Waals surface area contributed by atoms with Crippen molar-refractivity contribution in [2.45, 2.75) is 45.1 Å². The van der Waals surface area contributed by atoms with Crippen molar-refractivity contribution in [3.8, 4) is 0 Å². The summed E-state index contributed by atoms with van der Waals surface area (Å²) in [5.74, 6) is 0.907. The van der Waals surface area contributed by atoms with E-state index in [0.29, 0.717) is 5.31 Å². The van der Waals surface area contributed by atoms with E-state index >= 15 is 0 Å². The fourth-order valence-electron chi connectivity index (χ4n) is 1.65. The van der Waals surface area contributed by atoms with E-state index in [1.54, 1.807) is 0 Å². The Balaban J connectivity index is 2.37. The molecular formula is C7H15B. The van der Waals surface area contributed by atoms with Gasteiger partial charge in [-0.25, -0.2) is 0 Å². The van der Waals surface area contributed by atoms with Crippen LogP contribution in [0.5, 0.6) is 0 Å². The van der Waals surface area contributed by atoms with E-state index in [0.717, 1.165) is 12.5 Å². The van der Waals surface area contributed by atoms with Crippen LogP contribution in [0.25, 0.3) is 0 Å². The van der Waals surface area contributed by atoms with Crippen molar-refractivity contribution in [3.05, 3.63) is 0 Å². The molecule has 0 amide bonds. The minimum absolute atomic E-state index is 0.689. The van der Waals surface area contributed by atoms with Gasteiger partial charge in [-0.05, 0) is 0 Å². The zero-order valence-corrected chi connectivity index (χ0v) is 6.36. The van der Waals surface area contributed by atoms with E-state index in [1.165, 1.54) is 6.32 Å². The zero-order chi connectivity index (χ0) is 6.36. The Morgan fingerprint density at radius 1 is 1.38 bits per heavy atom. The normalized spacial score (nSPS) is 24.4. The fourth-order valence-corrected chi connectivity index (χ4v) is 1.65. The molecule has 1 heteroatoms. The molecule has 8 heavy (non-hydrogen) atoms. The summed E-state index contributed by atoms with van der Waals surface area (Å²) < 4.78 is 0. The van der Waals surface area contributed by atoms with Gasteiger partial charge in [-0.3, -0.25) is 0 Å². The van der Waals surface area contributed by atoms with Gasteiger partial charge in [0.1, 0.15) is 6.71 Å². The van der Waals surface area contributed by atoms with Crippen molar-refractivity contribution < 1.29 is 0 Å². The first kappa shape index (κ1) is 6.19. The second kappa shape index (κ2) is 1.52. The minimum Gasteiger partial charge on any atom is -0.0749 e. The molecule has 1 saturated heterocycles.